The third-order valence-electron chi connectivity index (χ3n) is 2.05. The van der Waals surface area contributed by atoms with Gasteiger partial charge in [-0.1, -0.05) is 36.7 Å². The van der Waals surface area contributed by atoms with Crippen LogP contribution in [0.2, 0.25) is 5.02 Å². The fourth-order valence-electron chi connectivity index (χ4n) is 1.28. The van der Waals surface area contributed by atoms with Crippen molar-refractivity contribution in [2.24, 2.45) is 0 Å². The summed E-state index contributed by atoms with van der Waals surface area (Å²) in [4.78, 5) is 0. The number of hydrogen-bond donors (Lipinski definition) is 1. The summed E-state index contributed by atoms with van der Waals surface area (Å²) < 4.78 is 0. The van der Waals surface area contributed by atoms with Crippen LogP contribution in [0.4, 0.5) is 0 Å². The highest BCUT2D eigenvalue weighted by Gasteiger charge is 2.05. The number of nitrogens with zero attached hydrogens (tertiary/aromatic N) is 1. The third kappa shape index (κ3) is 1.66. The quantitative estimate of drug-likeness (QED) is 0.802. The van der Waals surface area contributed by atoms with E-state index < -0.39 is 0 Å². The molecule has 0 saturated heterocycles. The lowest BCUT2D eigenvalue weighted by molar-refractivity contribution is 0.975. The summed E-state index contributed by atoms with van der Waals surface area (Å²) in [6.45, 7) is 2.04. The molecule has 0 unspecified atom stereocenters. The van der Waals surface area contributed by atoms with Crippen molar-refractivity contribution in [3.05, 3.63) is 41.0 Å². The average Bonchev–Trinajstić information content (AvgIpc) is 2.67. The van der Waals surface area contributed by atoms with Crippen LogP contribution in [-0.2, 0) is 6.42 Å². The molecule has 71 valence electrons. The van der Waals surface area contributed by atoms with Gasteiger partial charge in [0.2, 0.25) is 0 Å². The molecular weight excluding hydrogens is 196 g/mol. The minimum absolute atomic E-state index is 0.718. The number of H-pyrrole nitrogens is 1. The third-order valence-corrected chi connectivity index (χ3v) is 2.38. The first kappa shape index (κ1) is 9.28. The predicted molar refractivity (Wildman–Crippen MR) is 57.2 cm³/mol. The van der Waals surface area contributed by atoms with Crippen LogP contribution in [0.1, 0.15) is 12.6 Å². The van der Waals surface area contributed by atoms with Gasteiger partial charge in [0.15, 0.2) is 0 Å². The molecule has 0 amide bonds. The van der Waals surface area contributed by atoms with Crippen LogP contribution < -0.4 is 0 Å². The molecule has 1 aromatic carbocycles. The summed E-state index contributed by atoms with van der Waals surface area (Å²) in [6.07, 6.45) is 0.876. The van der Waals surface area contributed by atoms with Gasteiger partial charge in [-0.05, 0) is 12.5 Å². The molecule has 2 aromatic rings. The molecule has 2 nitrogen and oxygen atoms in total. The van der Waals surface area contributed by atoms with Gasteiger partial charge in [-0.25, -0.2) is 0 Å². The van der Waals surface area contributed by atoms with Crippen molar-refractivity contribution in [3.8, 4) is 11.3 Å². The van der Waals surface area contributed by atoms with Gasteiger partial charge in [0.05, 0.1) is 11.4 Å². The van der Waals surface area contributed by atoms with Crippen molar-refractivity contribution in [2.45, 2.75) is 13.3 Å². The second-order valence-corrected chi connectivity index (χ2v) is 3.41. The maximum Gasteiger partial charge on any atom is 0.0748 e. The number of aromatic nitrogens is 2. The molecule has 0 aliphatic heterocycles. The second-order valence-electron chi connectivity index (χ2n) is 3.00. The second kappa shape index (κ2) is 3.84. The highest BCUT2D eigenvalue weighted by molar-refractivity contribution is 6.33. The van der Waals surface area contributed by atoms with Crippen LogP contribution >= 0.6 is 11.6 Å². The Morgan fingerprint density at radius 2 is 2.21 bits per heavy atom. The monoisotopic (exact) mass is 205 g/mol. The minimum Gasteiger partial charge on any atom is -0.277 e. The van der Waals surface area contributed by atoms with Crippen LogP contribution in [0.15, 0.2) is 24.3 Å². The average molecular weight is 206 g/mol. The lowest BCUT2D eigenvalue weighted by Gasteiger charge is -1.98. The summed E-state index contributed by atoms with van der Waals surface area (Å²) in [5, 5.41) is 7.75. The summed E-state index contributed by atoms with van der Waals surface area (Å²) in [5.74, 6) is 0. The van der Waals surface area contributed by atoms with Gasteiger partial charge in [0.1, 0.15) is 0 Å². The van der Waals surface area contributed by atoms with Crippen LogP contribution in [-0.4, -0.2) is 10.2 Å². The Kier molecular flexibility index (Phi) is 2.55. The fourth-order valence-corrected chi connectivity index (χ4v) is 1.51. The molecule has 3 heteroatoms. The Morgan fingerprint density at radius 1 is 1.43 bits per heavy atom. The van der Waals surface area contributed by atoms with Gasteiger partial charge in [-0.15, -0.1) is 0 Å². The first-order chi connectivity index (χ1) is 6.81. The van der Waals surface area contributed by atoms with Crippen molar-refractivity contribution in [1.82, 2.24) is 10.2 Å². The van der Waals surface area contributed by atoms with Gasteiger partial charge in [0, 0.05) is 16.7 Å². The van der Waals surface area contributed by atoms with E-state index in [0.717, 1.165) is 28.4 Å². The van der Waals surface area contributed by atoms with Crippen LogP contribution in [0.25, 0.3) is 11.3 Å². The molecule has 0 aliphatic rings. The molecular formula is C11H10ClN2. The summed E-state index contributed by atoms with van der Waals surface area (Å²) >= 11 is 6.04. The normalized spacial score (nSPS) is 10.4. The molecule has 2 rings (SSSR count). The van der Waals surface area contributed by atoms with Crippen molar-refractivity contribution >= 4 is 11.6 Å². The van der Waals surface area contributed by atoms with Gasteiger partial charge in [-0.2, -0.15) is 5.10 Å². The first-order valence-corrected chi connectivity index (χ1v) is 4.90. The van der Waals surface area contributed by atoms with Gasteiger partial charge < -0.3 is 0 Å². The number of hydrogen-bond acceptors (Lipinski definition) is 1. The maximum atomic E-state index is 6.04. The van der Waals surface area contributed by atoms with E-state index in [1.165, 1.54) is 0 Å². The molecule has 0 bridgehead atoms. The number of rotatable bonds is 2. The van der Waals surface area contributed by atoms with Gasteiger partial charge in [-0.3, -0.25) is 5.10 Å². The van der Waals surface area contributed by atoms with E-state index in [-0.39, 0.29) is 0 Å². The molecule has 1 heterocycles. The molecule has 0 atom stereocenters. The Bertz CT molecular complexity index is 434. The standard InChI is InChI=1S/C11H10ClN2/c1-2-8-7-11(14-13-8)9-5-3-4-6-10(9)12/h3-6H,2H2,1H3,(H,13,14). The lowest BCUT2D eigenvalue weighted by atomic mass is 10.1. The van der Waals surface area contributed by atoms with Crippen LogP contribution in [0.5, 0.6) is 0 Å². The van der Waals surface area contributed by atoms with Crippen LogP contribution in [0, 0.1) is 6.07 Å². The number of halogens is 1. The largest absolute Gasteiger partial charge is 0.277 e. The van der Waals surface area contributed by atoms with E-state index in [2.05, 4.69) is 16.3 Å². The molecule has 1 N–H and O–H groups in total. The Morgan fingerprint density at radius 3 is 2.86 bits per heavy atom. The van der Waals surface area contributed by atoms with Gasteiger partial charge >= 0.3 is 0 Å². The van der Waals surface area contributed by atoms with E-state index in [0.29, 0.717) is 0 Å². The van der Waals surface area contributed by atoms with Crippen molar-refractivity contribution < 1.29 is 0 Å². The summed E-state index contributed by atoms with van der Waals surface area (Å²) in [6, 6.07) is 10.8. The number of aromatic amines is 1. The maximum absolute atomic E-state index is 6.04. The zero-order valence-electron chi connectivity index (χ0n) is 7.84. The highest BCUT2D eigenvalue weighted by Crippen LogP contribution is 2.25. The molecule has 1 radical (unpaired) electrons. The molecule has 0 fully saturated rings. The number of benzene rings is 1. The van der Waals surface area contributed by atoms with Crippen molar-refractivity contribution in [2.75, 3.05) is 0 Å². The molecule has 0 aliphatic carbocycles. The Labute approximate surface area is 87.9 Å². The Hall–Kier alpha value is -1.28. The number of nitrogens with one attached hydrogen (secondary N) is 1. The molecule has 1 aromatic heterocycles. The number of aryl methyl sites for hydroxylation is 1. The molecule has 0 spiro atoms. The van der Waals surface area contributed by atoms with Crippen molar-refractivity contribution in [1.29, 1.82) is 0 Å². The first-order valence-electron chi connectivity index (χ1n) is 4.52. The summed E-state index contributed by atoms with van der Waals surface area (Å²) in [5.41, 5.74) is 2.73. The molecule has 0 saturated carbocycles. The molecule has 14 heavy (non-hydrogen) atoms. The van der Waals surface area contributed by atoms with E-state index in [1.807, 2.05) is 31.2 Å². The van der Waals surface area contributed by atoms with E-state index >= 15 is 0 Å². The van der Waals surface area contributed by atoms with Crippen molar-refractivity contribution in [3.63, 3.8) is 0 Å². The topological polar surface area (TPSA) is 28.7 Å². The summed E-state index contributed by atoms with van der Waals surface area (Å²) in [7, 11) is 0. The van der Waals surface area contributed by atoms with E-state index in [1.54, 1.807) is 0 Å². The smallest absolute Gasteiger partial charge is 0.0748 e. The zero-order valence-corrected chi connectivity index (χ0v) is 8.60. The fraction of sp³-hybridized carbons (Fsp3) is 0.182. The Balaban J connectivity index is 2.44. The highest BCUT2D eigenvalue weighted by atomic mass is 35.5. The van der Waals surface area contributed by atoms with E-state index in [9.17, 15) is 0 Å². The zero-order chi connectivity index (χ0) is 9.97. The SMILES string of the molecule is CCc1[c]c(-c2ccccc2Cl)[nH]n1. The van der Waals surface area contributed by atoms with Crippen LogP contribution in [0.3, 0.4) is 0 Å². The lowest BCUT2D eigenvalue weighted by Crippen LogP contribution is -1.78. The van der Waals surface area contributed by atoms with Gasteiger partial charge in [0.25, 0.3) is 0 Å². The minimum atomic E-state index is 0.718. The van der Waals surface area contributed by atoms with E-state index in [4.69, 9.17) is 11.6 Å². The predicted octanol–water partition coefficient (Wildman–Crippen LogP) is 3.09.